The van der Waals surface area contributed by atoms with Gasteiger partial charge in [-0.3, -0.25) is 4.79 Å². The van der Waals surface area contributed by atoms with E-state index in [1.807, 2.05) is 37.3 Å². The summed E-state index contributed by atoms with van der Waals surface area (Å²) in [5, 5.41) is 14.6. The highest BCUT2D eigenvalue weighted by atomic mass is 16.3. The van der Waals surface area contributed by atoms with Gasteiger partial charge in [-0.05, 0) is 66.3 Å². The fourth-order valence-electron chi connectivity index (χ4n) is 6.56. The Morgan fingerprint density at radius 1 is 0.944 bits per heavy atom. The predicted octanol–water partition coefficient (Wildman–Crippen LogP) is 8.17. The summed E-state index contributed by atoms with van der Waals surface area (Å²) in [5.74, 6) is -0.0297. The number of allylic oxidation sites excluding steroid dienone is 4. The van der Waals surface area contributed by atoms with Gasteiger partial charge in [0.15, 0.2) is 0 Å². The lowest BCUT2D eigenvalue weighted by Crippen LogP contribution is -2.32. The number of benzene rings is 3. The molecule has 2 aliphatic rings. The normalized spacial score (nSPS) is 18.7. The minimum Gasteiger partial charge on any atom is -0.506 e. The first-order valence-electron chi connectivity index (χ1n) is 12.9. The number of rotatable bonds is 4. The molecule has 180 valence electrons. The summed E-state index contributed by atoms with van der Waals surface area (Å²) >= 11 is 0. The van der Waals surface area contributed by atoms with Crippen molar-refractivity contribution >= 4 is 33.0 Å². The topological polar surface area (TPSA) is 53.1 Å². The molecule has 0 radical (unpaired) electrons. The van der Waals surface area contributed by atoms with Crippen LogP contribution in [0, 0.1) is 13.8 Å². The van der Waals surface area contributed by atoms with Gasteiger partial charge in [-0.2, -0.15) is 0 Å². The zero-order valence-corrected chi connectivity index (χ0v) is 20.9. The predicted molar refractivity (Wildman–Crippen MR) is 148 cm³/mol. The fourth-order valence-corrected chi connectivity index (χ4v) is 6.56. The molecule has 0 saturated heterocycles. The van der Waals surface area contributed by atoms with E-state index in [1.165, 1.54) is 28.3 Å². The third kappa shape index (κ3) is 3.22. The summed E-state index contributed by atoms with van der Waals surface area (Å²) in [6.07, 6.45) is 7.34. The van der Waals surface area contributed by atoms with Crippen LogP contribution >= 0.6 is 0 Å². The minimum atomic E-state index is -0.230. The van der Waals surface area contributed by atoms with E-state index >= 15 is 0 Å². The number of aliphatic hydroxyl groups is 1. The molecule has 0 amide bonds. The van der Waals surface area contributed by atoms with Crippen LogP contribution < -0.4 is 0 Å². The van der Waals surface area contributed by atoms with Crippen LogP contribution in [0.1, 0.15) is 54.5 Å². The molecule has 36 heavy (non-hydrogen) atoms. The molecule has 4 aromatic rings. The van der Waals surface area contributed by atoms with Crippen LogP contribution in [0.5, 0.6) is 0 Å². The molecule has 0 atom stereocenters. The Kier molecular flexibility index (Phi) is 5.26. The van der Waals surface area contributed by atoms with Gasteiger partial charge in [0.2, 0.25) is 5.78 Å². The maximum absolute atomic E-state index is 13.4. The van der Waals surface area contributed by atoms with E-state index in [-0.39, 0.29) is 17.0 Å². The van der Waals surface area contributed by atoms with Crippen LogP contribution in [-0.4, -0.2) is 15.9 Å². The number of ketones is 1. The number of hydrogen-bond acceptors (Lipinski definition) is 2. The zero-order chi connectivity index (χ0) is 25.0. The second kappa shape index (κ2) is 8.37. The van der Waals surface area contributed by atoms with Gasteiger partial charge in [-0.25, -0.2) is 0 Å². The first kappa shape index (κ1) is 22.6. The number of Topliss-reactive ketones (excluding diaryl/α,β-unsaturated/α-hetero) is 1. The Balaban J connectivity index is 1.44. The molecule has 2 aliphatic carbocycles. The van der Waals surface area contributed by atoms with Crippen molar-refractivity contribution in [3.8, 4) is 0 Å². The summed E-state index contributed by atoms with van der Waals surface area (Å²) < 4.78 is 0. The van der Waals surface area contributed by atoms with Gasteiger partial charge >= 0.3 is 0 Å². The van der Waals surface area contributed by atoms with Crippen molar-refractivity contribution in [1.82, 2.24) is 4.98 Å². The highest BCUT2D eigenvalue weighted by molar-refractivity contribution is 6.40. The number of hydrogen-bond donors (Lipinski definition) is 2. The van der Waals surface area contributed by atoms with E-state index in [2.05, 4.69) is 54.9 Å². The number of nitrogens with one attached hydrogen (secondary N) is 1. The third-order valence-corrected chi connectivity index (χ3v) is 8.46. The van der Waals surface area contributed by atoms with E-state index in [0.29, 0.717) is 11.1 Å². The lowest BCUT2D eigenvalue weighted by Gasteiger charge is -2.40. The number of para-hydroxylation sites is 1. The van der Waals surface area contributed by atoms with Gasteiger partial charge in [0.25, 0.3) is 0 Å². The van der Waals surface area contributed by atoms with Crippen LogP contribution in [0.2, 0.25) is 0 Å². The van der Waals surface area contributed by atoms with Crippen molar-refractivity contribution in [3.05, 3.63) is 113 Å². The third-order valence-electron chi connectivity index (χ3n) is 8.46. The molecule has 6 rings (SSSR count). The number of carbonyl (C=O) groups is 1. The second-order valence-electron chi connectivity index (χ2n) is 10.4. The van der Waals surface area contributed by atoms with Gasteiger partial charge in [0, 0.05) is 27.6 Å². The monoisotopic (exact) mass is 473 g/mol. The highest BCUT2D eigenvalue weighted by Crippen LogP contribution is 2.49. The molecule has 1 aromatic heterocycles. The summed E-state index contributed by atoms with van der Waals surface area (Å²) in [7, 11) is 0. The van der Waals surface area contributed by atoms with Gasteiger partial charge < -0.3 is 10.1 Å². The SMILES string of the molecule is C=C(/C=C1\C(=O)C(c2c(C)[nH]c3ccccc23)=C1O)C1(c2ccc3ccccc3c2C)CCCCC1. The molecular formula is C33H31NO2. The molecule has 0 spiro atoms. The molecule has 1 heterocycles. The quantitative estimate of drug-likeness (QED) is 0.294. The summed E-state index contributed by atoms with van der Waals surface area (Å²) in [5.41, 5.74) is 6.71. The van der Waals surface area contributed by atoms with Crippen molar-refractivity contribution in [1.29, 1.82) is 0 Å². The van der Waals surface area contributed by atoms with Gasteiger partial charge in [-0.1, -0.05) is 80.4 Å². The van der Waals surface area contributed by atoms with Gasteiger partial charge in [0.1, 0.15) is 5.76 Å². The highest BCUT2D eigenvalue weighted by Gasteiger charge is 2.41. The van der Waals surface area contributed by atoms with Crippen molar-refractivity contribution in [3.63, 3.8) is 0 Å². The van der Waals surface area contributed by atoms with Crippen LogP contribution in [0.15, 0.2) is 90.2 Å². The molecule has 0 unspecified atom stereocenters. The second-order valence-corrected chi connectivity index (χ2v) is 10.4. The molecule has 0 aliphatic heterocycles. The first-order chi connectivity index (χ1) is 17.4. The molecular weight excluding hydrogens is 442 g/mol. The van der Waals surface area contributed by atoms with E-state index in [4.69, 9.17) is 0 Å². The molecule has 2 N–H and O–H groups in total. The van der Waals surface area contributed by atoms with Crippen molar-refractivity contribution in [2.45, 2.75) is 51.4 Å². The van der Waals surface area contributed by atoms with Crippen LogP contribution in [0.25, 0.3) is 27.2 Å². The fraction of sp³-hybridized carbons (Fsp3) is 0.242. The maximum Gasteiger partial charge on any atom is 0.201 e. The number of aromatic amines is 1. The van der Waals surface area contributed by atoms with Crippen LogP contribution in [-0.2, 0) is 10.2 Å². The average molecular weight is 474 g/mol. The van der Waals surface area contributed by atoms with Gasteiger partial charge in [-0.15, -0.1) is 0 Å². The van der Waals surface area contributed by atoms with E-state index < -0.39 is 0 Å². The van der Waals surface area contributed by atoms with Crippen molar-refractivity contribution in [2.24, 2.45) is 0 Å². The molecule has 3 nitrogen and oxygen atoms in total. The van der Waals surface area contributed by atoms with E-state index in [0.717, 1.165) is 53.4 Å². The lowest BCUT2D eigenvalue weighted by molar-refractivity contribution is -0.111. The number of H-pyrrole nitrogens is 1. The molecule has 3 aromatic carbocycles. The van der Waals surface area contributed by atoms with Crippen molar-refractivity contribution < 1.29 is 9.90 Å². The smallest absolute Gasteiger partial charge is 0.201 e. The molecule has 0 bridgehead atoms. The molecule has 1 fully saturated rings. The zero-order valence-electron chi connectivity index (χ0n) is 20.9. The Morgan fingerprint density at radius 3 is 2.39 bits per heavy atom. The number of aliphatic hydroxyl groups excluding tert-OH is 1. The molecule has 1 saturated carbocycles. The summed E-state index contributed by atoms with van der Waals surface area (Å²) in [6.45, 7) is 8.68. The average Bonchev–Trinajstić information content (AvgIpc) is 3.23. The lowest BCUT2D eigenvalue weighted by atomic mass is 9.63. The summed E-state index contributed by atoms with van der Waals surface area (Å²) in [4.78, 5) is 16.8. The number of aryl methyl sites for hydroxylation is 2. The number of carbonyl (C=O) groups excluding carboxylic acids is 1. The van der Waals surface area contributed by atoms with E-state index in [9.17, 15) is 9.90 Å². The Morgan fingerprint density at radius 2 is 1.64 bits per heavy atom. The molecule has 3 heteroatoms. The number of aromatic nitrogens is 1. The van der Waals surface area contributed by atoms with Crippen LogP contribution in [0.3, 0.4) is 0 Å². The Labute approximate surface area is 211 Å². The number of fused-ring (bicyclic) bond motifs is 2. The standard InChI is InChI=1S/C33H31NO2/c1-20(19-26-31(35)30(32(26)36)29-22(3)34-28-14-8-7-13-25(28)29)33(17-9-4-10-18-33)27-16-15-23-11-5-6-12-24(23)21(27)2/h5-8,11-16,19,34-35H,1,4,9-10,17-18H2,2-3H3/b26-19-. The largest absolute Gasteiger partial charge is 0.506 e. The Bertz CT molecular complexity index is 1620. The first-order valence-corrected chi connectivity index (χ1v) is 12.9. The minimum absolute atomic E-state index is 0.0789. The maximum atomic E-state index is 13.4. The summed E-state index contributed by atoms with van der Waals surface area (Å²) in [6, 6.07) is 20.9. The van der Waals surface area contributed by atoms with E-state index in [1.54, 1.807) is 0 Å². The van der Waals surface area contributed by atoms with Crippen molar-refractivity contribution in [2.75, 3.05) is 0 Å². The van der Waals surface area contributed by atoms with Gasteiger partial charge in [0.05, 0.1) is 11.1 Å². The van der Waals surface area contributed by atoms with Crippen LogP contribution in [0.4, 0.5) is 0 Å². The Hall–Kier alpha value is -3.85.